The van der Waals surface area contributed by atoms with E-state index in [-0.39, 0.29) is 0 Å². The second-order valence-corrected chi connectivity index (χ2v) is 2.73. The van der Waals surface area contributed by atoms with Crippen LogP contribution in [0, 0.1) is 11.8 Å². The first-order chi connectivity index (χ1) is 4.38. The number of fused-ring (bicyclic) bond motifs is 1. The molecule has 1 saturated heterocycles. The zero-order chi connectivity index (χ0) is 6.27. The van der Waals surface area contributed by atoms with Gasteiger partial charge in [0.05, 0.1) is 6.61 Å². The second kappa shape index (κ2) is 1.82. The molecule has 3 atom stereocenters. The molecule has 1 fully saturated rings. The van der Waals surface area contributed by atoms with Crippen molar-refractivity contribution in [3.8, 4) is 0 Å². The molecule has 0 saturated carbocycles. The van der Waals surface area contributed by atoms with Crippen molar-refractivity contribution in [3.05, 3.63) is 12.2 Å². The number of aliphatic hydroxyl groups is 1. The fraction of sp³-hybridized carbons (Fsp3) is 0.714. The molecule has 1 N–H and O–H groups in total. The van der Waals surface area contributed by atoms with Crippen molar-refractivity contribution in [1.29, 1.82) is 0 Å². The summed E-state index contributed by atoms with van der Waals surface area (Å²) >= 11 is 0. The molecule has 3 unspecified atom stereocenters. The molecular weight excluding hydrogens is 116 g/mol. The largest absolute Gasteiger partial charge is 0.367 e. The van der Waals surface area contributed by atoms with Gasteiger partial charge in [0.25, 0.3) is 0 Å². The maximum atomic E-state index is 9.13. The summed E-state index contributed by atoms with van der Waals surface area (Å²) in [7, 11) is 0. The van der Waals surface area contributed by atoms with E-state index in [1.165, 1.54) is 0 Å². The molecule has 2 aliphatic rings. The zero-order valence-corrected chi connectivity index (χ0v) is 5.16. The monoisotopic (exact) mass is 126 g/mol. The Kier molecular flexibility index (Phi) is 1.10. The molecule has 2 nitrogen and oxygen atoms in total. The van der Waals surface area contributed by atoms with Crippen molar-refractivity contribution >= 4 is 0 Å². The van der Waals surface area contributed by atoms with Crippen LogP contribution in [0.1, 0.15) is 6.42 Å². The highest BCUT2D eigenvalue weighted by Crippen LogP contribution is 2.34. The van der Waals surface area contributed by atoms with Gasteiger partial charge in [-0.1, -0.05) is 12.2 Å². The molecule has 2 rings (SSSR count). The van der Waals surface area contributed by atoms with Crippen LogP contribution in [0.15, 0.2) is 12.2 Å². The Bertz CT molecular complexity index is 142. The van der Waals surface area contributed by atoms with Gasteiger partial charge in [-0.3, -0.25) is 0 Å². The molecule has 0 aromatic rings. The van der Waals surface area contributed by atoms with E-state index in [2.05, 4.69) is 12.2 Å². The average Bonchev–Trinajstić information content (AvgIpc) is 2.35. The summed E-state index contributed by atoms with van der Waals surface area (Å²) in [6.07, 6.45) is 4.75. The predicted octanol–water partition coefficient (Wildman–Crippen LogP) is 0.527. The summed E-state index contributed by atoms with van der Waals surface area (Å²) in [4.78, 5) is 0. The lowest BCUT2D eigenvalue weighted by Gasteiger charge is -2.07. The van der Waals surface area contributed by atoms with Gasteiger partial charge in [-0.25, -0.2) is 0 Å². The SMILES string of the molecule is OC1OCC2CC=CC21. The molecule has 50 valence electrons. The number of hydrogen-bond acceptors (Lipinski definition) is 2. The van der Waals surface area contributed by atoms with Gasteiger partial charge in [0, 0.05) is 5.92 Å². The third-order valence-corrected chi connectivity index (χ3v) is 2.15. The molecule has 0 aromatic heterocycles. The van der Waals surface area contributed by atoms with Crippen molar-refractivity contribution in [2.75, 3.05) is 6.61 Å². The topological polar surface area (TPSA) is 29.5 Å². The molecule has 0 bridgehead atoms. The molecule has 0 spiro atoms. The summed E-state index contributed by atoms with van der Waals surface area (Å²) in [6.45, 7) is 0.735. The van der Waals surface area contributed by atoms with Crippen LogP contribution in [-0.2, 0) is 4.74 Å². The normalized spacial score (nSPS) is 47.9. The standard InChI is InChI=1S/C7H10O2/c8-7-6-3-1-2-5(6)4-9-7/h1,3,5-8H,2,4H2. The Hall–Kier alpha value is -0.340. The van der Waals surface area contributed by atoms with Crippen LogP contribution in [0.2, 0.25) is 0 Å². The van der Waals surface area contributed by atoms with Crippen molar-refractivity contribution < 1.29 is 9.84 Å². The summed E-state index contributed by atoms with van der Waals surface area (Å²) in [5.74, 6) is 0.866. The van der Waals surface area contributed by atoms with E-state index in [9.17, 15) is 0 Å². The van der Waals surface area contributed by atoms with Gasteiger partial charge in [0.2, 0.25) is 0 Å². The predicted molar refractivity (Wildman–Crippen MR) is 32.7 cm³/mol. The smallest absolute Gasteiger partial charge is 0.161 e. The lowest BCUT2D eigenvalue weighted by atomic mass is 9.99. The molecule has 0 amide bonds. The summed E-state index contributed by atoms with van der Waals surface area (Å²) in [5.41, 5.74) is 0. The van der Waals surface area contributed by atoms with E-state index in [1.807, 2.05) is 0 Å². The number of aliphatic hydroxyl groups excluding tert-OH is 1. The van der Waals surface area contributed by atoms with Gasteiger partial charge in [0.15, 0.2) is 6.29 Å². The van der Waals surface area contributed by atoms with E-state index in [1.54, 1.807) is 0 Å². The highest BCUT2D eigenvalue weighted by molar-refractivity contribution is 5.04. The molecule has 1 heterocycles. The minimum absolute atomic E-state index is 0.296. The third kappa shape index (κ3) is 0.705. The van der Waals surface area contributed by atoms with E-state index in [0.29, 0.717) is 11.8 Å². The van der Waals surface area contributed by atoms with Gasteiger partial charge in [-0.15, -0.1) is 0 Å². The zero-order valence-electron chi connectivity index (χ0n) is 5.16. The molecule has 9 heavy (non-hydrogen) atoms. The minimum Gasteiger partial charge on any atom is -0.367 e. The first-order valence-corrected chi connectivity index (χ1v) is 3.34. The van der Waals surface area contributed by atoms with Gasteiger partial charge in [-0.05, 0) is 12.3 Å². The van der Waals surface area contributed by atoms with E-state index in [4.69, 9.17) is 9.84 Å². The lowest BCUT2D eigenvalue weighted by molar-refractivity contribution is -0.0735. The van der Waals surface area contributed by atoms with E-state index >= 15 is 0 Å². The quantitative estimate of drug-likeness (QED) is 0.480. The first-order valence-electron chi connectivity index (χ1n) is 3.34. The highest BCUT2D eigenvalue weighted by Gasteiger charge is 2.35. The van der Waals surface area contributed by atoms with Crippen molar-refractivity contribution in [2.24, 2.45) is 11.8 Å². The van der Waals surface area contributed by atoms with Crippen LogP contribution in [-0.4, -0.2) is 18.0 Å². The number of hydrogen-bond donors (Lipinski definition) is 1. The van der Waals surface area contributed by atoms with Crippen LogP contribution in [0.4, 0.5) is 0 Å². The van der Waals surface area contributed by atoms with Crippen LogP contribution in [0.5, 0.6) is 0 Å². The van der Waals surface area contributed by atoms with Gasteiger partial charge < -0.3 is 9.84 Å². The van der Waals surface area contributed by atoms with E-state index in [0.717, 1.165) is 13.0 Å². The van der Waals surface area contributed by atoms with Gasteiger partial charge in [0.1, 0.15) is 0 Å². The molecule has 0 radical (unpaired) electrons. The molecule has 1 aliphatic heterocycles. The second-order valence-electron chi connectivity index (χ2n) is 2.73. The van der Waals surface area contributed by atoms with Crippen molar-refractivity contribution in [1.82, 2.24) is 0 Å². The highest BCUT2D eigenvalue weighted by atomic mass is 16.6. The fourth-order valence-electron chi connectivity index (χ4n) is 1.57. The van der Waals surface area contributed by atoms with Crippen LogP contribution >= 0.6 is 0 Å². The van der Waals surface area contributed by atoms with Crippen LogP contribution < -0.4 is 0 Å². The Morgan fingerprint density at radius 3 is 3.22 bits per heavy atom. The molecule has 1 aliphatic carbocycles. The van der Waals surface area contributed by atoms with Crippen LogP contribution in [0.25, 0.3) is 0 Å². The van der Waals surface area contributed by atoms with Crippen molar-refractivity contribution in [2.45, 2.75) is 12.7 Å². The third-order valence-electron chi connectivity index (χ3n) is 2.15. The van der Waals surface area contributed by atoms with Crippen molar-refractivity contribution in [3.63, 3.8) is 0 Å². The average molecular weight is 126 g/mol. The number of ether oxygens (including phenoxy) is 1. The maximum absolute atomic E-state index is 9.13. The molecule has 0 aromatic carbocycles. The Balaban J connectivity index is 2.15. The van der Waals surface area contributed by atoms with Gasteiger partial charge in [-0.2, -0.15) is 0 Å². The lowest BCUT2D eigenvalue weighted by Crippen LogP contribution is -2.13. The molecular formula is C7H10O2. The van der Waals surface area contributed by atoms with Gasteiger partial charge >= 0.3 is 0 Å². The fourth-order valence-corrected chi connectivity index (χ4v) is 1.57. The summed E-state index contributed by atoms with van der Waals surface area (Å²) in [6, 6.07) is 0. The van der Waals surface area contributed by atoms with Crippen LogP contribution in [0.3, 0.4) is 0 Å². The summed E-state index contributed by atoms with van der Waals surface area (Å²) < 4.78 is 5.02. The first kappa shape index (κ1) is 5.45. The maximum Gasteiger partial charge on any atom is 0.161 e. The Morgan fingerprint density at radius 1 is 1.56 bits per heavy atom. The van der Waals surface area contributed by atoms with E-state index < -0.39 is 6.29 Å². The number of allylic oxidation sites excluding steroid dienone is 1. The Morgan fingerprint density at radius 2 is 2.44 bits per heavy atom. The Labute approximate surface area is 54.1 Å². The number of rotatable bonds is 0. The minimum atomic E-state index is -0.520. The summed E-state index contributed by atoms with van der Waals surface area (Å²) in [5, 5.41) is 9.13. The molecule has 2 heteroatoms.